The molecule has 1 aromatic heterocycles. The minimum Gasteiger partial charge on any atom is -0.356 e. The molecule has 0 saturated heterocycles. The number of nitrogens with one attached hydrogen (secondary N) is 1. The molecule has 0 aliphatic rings. The van der Waals surface area contributed by atoms with Crippen LogP contribution in [0.3, 0.4) is 0 Å². The number of carbonyl (C=O) groups excluding carboxylic acids is 1. The lowest BCUT2D eigenvalue weighted by Gasteiger charge is -2.11. The van der Waals surface area contributed by atoms with Crippen molar-refractivity contribution in [2.45, 2.75) is 31.3 Å². The number of sulfone groups is 1. The molecule has 0 aliphatic carbocycles. The van der Waals surface area contributed by atoms with E-state index in [4.69, 9.17) is 4.52 Å². The van der Waals surface area contributed by atoms with Crippen LogP contribution in [0.25, 0.3) is 11.3 Å². The van der Waals surface area contributed by atoms with Gasteiger partial charge in [0.05, 0.1) is 11.4 Å². The Labute approximate surface area is 135 Å². The minimum atomic E-state index is -3.65. The maximum Gasteiger partial charge on any atom is 0.238 e. The smallest absolute Gasteiger partial charge is 0.238 e. The second-order valence-corrected chi connectivity index (χ2v) is 7.61. The summed E-state index contributed by atoms with van der Waals surface area (Å²) in [5.41, 5.74) is 1.11. The fraction of sp³-hybridized carbons (Fsp3) is 0.375. The van der Waals surface area contributed by atoms with Crippen molar-refractivity contribution in [3.05, 3.63) is 42.1 Å². The van der Waals surface area contributed by atoms with Crippen LogP contribution in [-0.2, 0) is 20.4 Å². The van der Waals surface area contributed by atoms with Crippen molar-refractivity contribution < 1.29 is 17.7 Å². The van der Waals surface area contributed by atoms with Crippen LogP contribution in [0.5, 0.6) is 0 Å². The van der Waals surface area contributed by atoms with Crippen molar-refractivity contribution in [1.29, 1.82) is 0 Å². The molecule has 1 amide bonds. The molecule has 0 bridgehead atoms. The summed E-state index contributed by atoms with van der Waals surface area (Å²) in [7, 11) is -3.65. The van der Waals surface area contributed by atoms with Crippen LogP contribution < -0.4 is 5.32 Å². The Bertz CT molecular complexity index is 753. The van der Waals surface area contributed by atoms with Crippen LogP contribution >= 0.6 is 0 Å². The number of aromatic nitrogens is 1. The van der Waals surface area contributed by atoms with E-state index in [0.717, 1.165) is 12.0 Å². The van der Waals surface area contributed by atoms with Crippen LogP contribution in [0.2, 0.25) is 0 Å². The molecule has 23 heavy (non-hydrogen) atoms. The van der Waals surface area contributed by atoms with Crippen LogP contribution in [0, 0.1) is 0 Å². The van der Waals surface area contributed by atoms with Crippen molar-refractivity contribution >= 4 is 15.7 Å². The van der Waals surface area contributed by atoms with Gasteiger partial charge in [-0.2, -0.15) is 0 Å². The Hall–Kier alpha value is -2.15. The maximum absolute atomic E-state index is 12.3. The average molecular weight is 336 g/mol. The van der Waals surface area contributed by atoms with E-state index in [1.54, 1.807) is 6.07 Å². The Morgan fingerprint density at radius 2 is 2.00 bits per heavy atom. The van der Waals surface area contributed by atoms with E-state index in [2.05, 4.69) is 10.5 Å². The third kappa shape index (κ3) is 4.41. The molecule has 0 saturated carbocycles. The second-order valence-electron chi connectivity index (χ2n) is 5.29. The van der Waals surface area contributed by atoms with E-state index < -0.39 is 21.0 Å². The van der Waals surface area contributed by atoms with E-state index in [1.165, 1.54) is 6.92 Å². The van der Waals surface area contributed by atoms with Crippen LogP contribution in [0.4, 0.5) is 0 Å². The molecule has 0 radical (unpaired) electrons. The van der Waals surface area contributed by atoms with Gasteiger partial charge in [-0.25, -0.2) is 8.42 Å². The van der Waals surface area contributed by atoms with Gasteiger partial charge in [-0.15, -0.1) is 0 Å². The molecule has 1 heterocycles. The molecule has 1 atom stereocenters. The van der Waals surface area contributed by atoms with Crippen molar-refractivity contribution in [2.75, 3.05) is 6.54 Å². The first-order valence-corrected chi connectivity index (χ1v) is 9.16. The van der Waals surface area contributed by atoms with Crippen molar-refractivity contribution in [2.24, 2.45) is 0 Å². The van der Waals surface area contributed by atoms with E-state index in [0.29, 0.717) is 18.0 Å². The maximum atomic E-state index is 12.3. The first-order valence-electron chi connectivity index (χ1n) is 7.44. The lowest BCUT2D eigenvalue weighted by atomic mass is 10.2. The summed E-state index contributed by atoms with van der Waals surface area (Å²) in [6.07, 6.45) is 0.752. The quantitative estimate of drug-likeness (QED) is 0.837. The lowest BCUT2D eigenvalue weighted by molar-refractivity contribution is -0.120. The number of hydrogen-bond donors (Lipinski definition) is 1. The standard InChI is InChI=1S/C16H20N2O4S/c1-3-9-17-16(19)12(2)23(20,21)11-14-10-15(22-18-14)13-7-5-4-6-8-13/h4-8,10,12H,3,9,11H2,1-2H3,(H,17,19). The lowest BCUT2D eigenvalue weighted by Crippen LogP contribution is -2.38. The monoisotopic (exact) mass is 336 g/mol. The van der Waals surface area contributed by atoms with Gasteiger partial charge in [-0.1, -0.05) is 42.4 Å². The zero-order chi connectivity index (χ0) is 16.9. The molecule has 0 aliphatic heterocycles. The van der Waals surface area contributed by atoms with Crippen LogP contribution in [0.15, 0.2) is 40.9 Å². The van der Waals surface area contributed by atoms with Crippen LogP contribution in [-0.4, -0.2) is 31.3 Å². The molecule has 1 aromatic carbocycles. The largest absolute Gasteiger partial charge is 0.356 e. The molecule has 2 aromatic rings. The predicted molar refractivity (Wildman–Crippen MR) is 87.3 cm³/mol. The van der Waals surface area contributed by atoms with Gasteiger partial charge < -0.3 is 9.84 Å². The topological polar surface area (TPSA) is 89.3 Å². The van der Waals surface area contributed by atoms with Crippen molar-refractivity contribution in [3.63, 3.8) is 0 Å². The SMILES string of the molecule is CCCNC(=O)C(C)S(=O)(=O)Cc1cc(-c2ccccc2)on1. The summed E-state index contributed by atoms with van der Waals surface area (Å²) in [5.74, 6) is -0.318. The van der Waals surface area contributed by atoms with Crippen molar-refractivity contribution in [1.82, 2.24) is 10.5 Å². The fourth-order valence-electron chi connectivity index (χ4n) is 2.00. The average Bonchev–Trinajstić information content (AvgIpc) is 3.00. The Kier molecular flexibility index (Phi) is 5.54. The van der Waals surface area contributed by atoms with Crippen LogP contribution in [0.1, 0.15) is 26.0 Å². The molecular formula is C16H20N2O4S. The van der Waals surface area contributed by atoms with Gasteiger partial charge in [-0.3, -0.25) is 4.79 Å². The molecule has 124 valence electrons. The van der Waals surface area contributed by atoms with E-state index in [9.17, 15) is 13.2 Å². The zero-order valence-corrected chi connectivity index (χ0v) is 14.0. The third-order valence-corrected chi connectivity index (χ3v) is 5.41. The molecule has 0 spiro atoms. The highest BCUT2D eigenvalue weighted by atomic mass is 32.2. The summed E-state index contributed by atoms with van der Waals surface area (Å²) >= 11 is 0. The summed E-state index contributed by atoms with van der Waals surface area (Å²) in [6, 6.07) is 10.9. The number of carbonyl (C=O) groups is 1. The highest BCUT2D eigenvalue weighted by Gasteiger charge is 2.29. The summed E-state index contributed by atoms with van der Waals surface area (Å²) in [4.78, 5) is 11.8. The van der Waals surface area contributed by atoms with Gasteiger partial charge in [0.15, 0.2) is 15.6 Å². The minimum absolute atomic E-state index is 0.291. The highest BCUT2D eigenvalue weighted by molar-refractivity contribution is 7.92. The Morgan fingerprint density at radius 3 is 2.65 bits per heavy atom. The Morgan fingerprint density at radius 1 is 1.30 bits per heavy atom. The normalized spacial score (nSPS) is 12.8. The van der Waals surface area contributed by atoms with Gasteiger partial charge in [-0.05, 0) is 13.3 Å². The number of nitrogens with zero attached hydrogens (tertiary/aromatic N) is 1. The number of benzene rings is 1. The zero-order valence-electron chi connectivity index (χ0n) is 13.2. The van der Waals surface area contributed by atoms with Crippen molar-refractivity contribution in [3.8, 4) is 11.3 Å². The van der Waals surface area contributed by atoms with E-state index in [-0.39, 0.29) is 5.75 Å². The number of hydrogen-bond acceptors (Lipinski definition) is 5. The van der Waals surface area contributed by atoms with Gasteiger partial charge in [0, 0.05) is 18.2 Å². The summed E-state index contributed by atoms with van der Waals surface area (Å²) < 4.78 is 29.8. The van der Waals surface area contributed by atoms with Gasteiger partial charge in [0.2, 0.25) is 5.91 Å². The summed E-state index contributed by atoms with van der Waals surface area (Å²) in [6.45, 7) is 3.75. The first kappa shape index (κ1) is 17.2. The van der Waals surface area contributed by atoms with Gasteiger partial charge in [0.1, 0.15) is 5.25 Å². The number of amides is 1. The molecule has 6 nitrogen and oxygen atoms in total. The summed E-state index contributed by atoms with van der Waals surface area (Å²) in [5, 5.41) is 5.27. The number of rotatable bonds is 7. The van der Waals surface area contributed by atoms with E-state index >= 15 is 0 Å². The molecule has 0 fully saturated rings. The Balaban J connectivity index is 2.09. The molecule has 7 heteroatoms. The molecule has 1 unspecified atom stereocenters. The van der Waals surface area contributed by atoms with Gasteiger partial charge in [0.25, 0.3) is 0 Å². The van der Waals surface area contributed by atoms with E-state index in [1.807, 2.05) is 37.3 Å². The highest BCUT2D eigenvalue weighted by Crippen LogP contribution is 2.21. The second kappa shape index (κ2) is 7.41. The first-order chi connectivity index (χ1) is 10.9. The molecule has 1 N–H and O–H groups in total. The van der Waals surface area contributed by atoms with Gasteiger partial charge >= 0.3 is 0 Å². The molecule has 2 rings (SSSR count). The fourth-order valence-corrected chi connectivity index (χ4v) is 3.21. The predicted octanol–water partition coefficient (Wildman–Crippen LogP) is 2.17. The third-order valence-electron chi connectivity index (χ3n) is 3.42. The molecular weight excluding hydrogens is 316 g/mol.